The van der Waals surface area contributed by atoms with Gasteiger partial charge in [-0.25, -0.2) is 20.6 Å². The lowest BCUT2D eigenvalue weighted by atomic mass is 10.3. The summed E-state index contributed by atoms with van der Waals surface area (Å²) >= 11 is 1.27. The molecule has 0 atom stereocenters. The van der Waals surface area contributed by atoms with Crippen LogP contribution in [0.1, 0.15) is 17.3 Å². The van der Waals surface area contributed by atoms with Gasteiger partial charge in [0.25, 0.3) is 0 Å². The van der Waals surface area contributed by atoms with Crippen molar-refractivity contribution in [1.82, 2.24) is 9.97 Å². The molecule has 88 valence electrons. The molecule has 7 nitrogen and oxygen atoms in total. The minimum Gasteiger partial charge on any atom is -0.462 e. The molecular formula is C8H12N4O3S. The van der Waals surface area contributed by atoms with Crippen molar-refractivity contribution in [1.29, 1.82) is 0 Å². The number of ether oxygens (including phenoxy) is 1. The SMILES string of the molecule is CCOC(=O)c1cnc(SC)nc1N(N)O. The lowest BCUT2D eigenvalue weighted by Gasteiger charge is -2.12. The maximum Gasteiger partial charge on any atom is 0.343 e. The molecule has 0 bridgehead atoms. The van der Waals surface area contributed by atoms with E-state index in [1.54, 1.807) is 13.2 Å². The lowest BCUT2D eigenvalue weighted by Crippen LogP contribution is -2.29. The van der Waals surface area contributed by atoms with Crippen LogP contribution in [-0.4, -0.2) is 34.0 Å². The van der Waals surface area contributed by atoms with Crippen LogP contribution in [0.3, 0.4) is 0 Å². The summed E-state index contributed by atoms with van der Waals surface area (Å²) in [5, 5.41) is 9.81. The molecule has 0 aromatic carbocycles. The first-order valence-electron chi connectivity index (χ1n) is 4.42. The van der Waals surface area contributed by atoms with Gasteiger partial charge in [-0.2, -0.15) is 5.17 Å². The summed E-state index contributed by atoms with van der Waals surface area (Å²) in [4.78, 5) is 19.3. The first-order valence-corrected chi connectivity index (χ1v) is 5.64. The number of nitrogens with zero attached hydrogens (tertiary/aromatic N) is 3. The number of thioether (sulfide) groups is 1. The van der Waals surface area contributed by atoms with E-state index in [0.717, 1.165) is 0 Å². The van der Waals surface area contributed by atoms with Crippen LogP contribution >= 0.6 is 11.8 Å². The fourth-order valence-corrected chi connectivity index (χ4v) is 1.32. The topological polar surface area (TPSA) is 102 Å². The van der Waals surface area contributed by atoms with Gasteiger partial charge in [0.1, 0.15) is 5.56 Å². The van der Waals surface area contributed by atoms with Gasteiger partial charge in [-0.1, -0.05) is 11.8 Å². The van der Waals surface area contributed by atoms with Gasteiger partial charge in [-0.15, -0.1) is 0 Å². The molecule has 1 heterocycles. The molecule has 3 N–H and O–H groups in total. The number of aromatic nitrogens is 2. The zero-order valence-electron chi connectivity index (χ0n) is 8.88. The van der Waals surface area contributed by atoms with Gasteiger partial charge in [0.05, 0.1) is 6.61 Å². The van der Waals surface area contributed by atoms with Gasteiger partial charge in [0.2, 0.25) is 0 Å². The largest absolute Gasteiger partial charge is 0.462 e. The van der Waals surface area contributed by atoms with Crippen LogP contribution in [0, 0.1) is 0 Å². The van der Waals surface area contributed by atoms with E-state index < -0.39 is 5.97 Å². The highest BCUT2D eigenvalue weighted by molar-refractivity contribution is 7.98. The monoisotopic (exact) mass is 244 g/mol. The van der Waals surface area contributed by atoms with E-state index in [-0.39, 0.29) is 23.2 Å². The molecule has 0 spiro atoms. The fourth-order valence-electron chi connectivity index (χ4n) is 0.983. The Morgan fingerprint density at radius 3 is 2.94 bits per heavy atom. The predicted molar refractivity (Wildman–Crippen MR) is 58.2 cm³/mol. The van der Waals surface area contributed by atoms with Gasteiger partial charge < -0.3 is 4.74 Å². The van der Waals surface area contributed by atoms with E-state index in [0.29, 0.717) is 5.16 Å². The highest BCUT2D eigenvalue weighted by Gasteiger charge is 2.18. The maximum absolute atomic E-state index is 11.5. The van der Waals surface area contributed by atoms with Crippen molar-refractivity contribution in [2.24, 2.45) is 5.84 Å². The predicted octanol–water partition coefficient (Wildman–Crippen LogP) is 0.445. The average Bonchev–Trinajstić information content (AvgIpc) is 2.28. The molecule has 8 heteroatoms. The number of carbonyl (C=O) groups excluding carboxylic acids is 1. The summed E-state index contributed by atoms with van der Waals surface area (Å²) in [6, 6.07) is 0. The van der Waals surface area contributed by atoms with Crippen LogP contribution in [0.25, 0.3) is 0 Å². The first-order chi connectivity index (χ1) is 7.60. The van der Waals surface area contributed by atoms with Crippen LogP contribution in [0.5, 0.6) is 0 Å². The van der Waals surface area contributed by atoms with Crippen LogP contribution in [0.4, 0.5) is 5.82 Å². The summed E-state index contributed by atoms with van der Waals surface area (Å²) in [6.45, 7) is 1.90. The second-order valence-corrected chi connectivity index (χ2v) is 3.43. The maximum atomic E-state index is 11.5. The third-order valence-corrected chi connectivity index (χ3v) is 2.20. The first kappa shape index (κ1) is 12.7. The minimum absolute atomic E-state index is 0.0182. The van der Waals surface area contributed by atoms with Gasteiger partial charge in [-0.3, -0.25) is 5.21 Å². The zero-order valence-corrected chi connectivity index (χ0v) is 9.69. The smallest absolute Gasteiger partial charge is 0.343 e. The Morgan fingerprint density at radius 2 is 2.44 bits per heavy atom. The summed E-state index contributed by atoms with van der Waals surface area (Å²) in [5.41, 5.74) is 0.0182. The number of rotatable bonds is 4. The van der Waals surface area contributed by atoms with Gasteiger partial charge in [0.15, 0.2) is 11.0 Å². The molecule has 0 amide bonds. The van der Waals surface area contributed by atoms with Crippen molar-refractivity contribution in [3.05, 3.63) is 11.8 Å². The van der Waals surface area contributed by atoms with Crippen molar-refractivity contribution in [2.45, 2.75) is 12.1 Å². The Bertz CT molecular complexity index is 386. The number of hydrogen-bond donors (Lipinski definition) is 2. The summed E-state index contributed by atoms with van der Waals surface area (Å²) in [5.74, 6) is 4.44. The van der Waals surface area contributed by atoms with Crippen molar-refractivity contribution in [3.8, 4) is 0 Å². The highest BCUT2D eigenvalue weighted by Crippen LogP contribution is 2.18. The van der Waals surface area contributed by atoms with Gasteiger partial charge in [-0.05, 0) is 13.2 Å². The second-order valence-electron chi connectivity index (χ2n) is 2.66. The summed E-state index contributed by atoms with van der Waals surface area (Å²) < 4.78 is 4.77. The third kappa shape index (κ3) is 2.81. The fraction of sp³-hybridized carbons (Fsp3) is 0.375. The van der Waals surface area contributed by atoms with E-state index in [2.05, 4.69) is 9.97 Å². The lowest BCUT2D eigenvalue weighted by molar-refractivity contribution is 0.0523. The molecule has 1 aromatic heterocycles. The Labute approximate surface area is 96.5 Å². The van der Waals surface area contributed by atoms with Crippen molar-refractivity contribution >= 4 is 23.5 Å². The number of carbonyl (C=O) groups is 1. The van der Waals surface area contributed by atoms with E-state index >= 15 is 0 Å². The van der Waals surface area contributed by atoms with Crippen LogP contribution in [0.15, 0.2) is 11.4 Å². The molecular weight excluding hydrogens is 232 g/mol. The molecule has 0 aliphatic carbocycles. The number of nitrogens with two attached hydrogens (primary N) is 1. The van der Waals surface area contributed by atoms with E-state index in [4.69, 9.17) is 15.8 Å². The molecule has 0 saturated carbocycles. The number of hydrazine groups is 1. The van der Waals surface area contributed by atoms with Crippen LogP contribution in [0.2, 0.25) is 0 Å². The molecule has 16 heavy (non-hydrogen) atoms. The van der Waals surface area contributed by atoms with Crippen LogP contribution < -0.4 is 11.0 Å². The number of hydrogen-bond acceptors (Lipinski definition) is 8. The van der Waals surface area contributed by atoms with Gasteiger partial charge >= 0.3 is 5.97 Å². The second kappa shape index (κ2) is 5.64. The van der Waals surface area contributed by atoms with E-state index in [9.17, 15) is 4.79 Å². The van der Waals surface area contributed by atoms with Crippen molar-refractivity contribution in [3.63, 3.8) is 0 Å². The Morgan fingerprint density at radius 1 is 1.75 bits per heavy atom. The Balaban J connectivity index is 3.12. The molecule has 0 saturated heterocycles. The highest BCUT2D eigenvalue weighted by atomic mass is 32.2. The van der Waals surface area contributed by atoms with E-state index in [1.807, 2.05) is 0 Å². The quantitative estimate of drug-likeness (QED) is 0.259. The van der Waals surface area contributed by atoms with Crippen molar-refractivity contribution in [2.75, 3.05) is 18.0 Å². The number of anilines is 1. The van der Waals surface area contributed by atoms with Crippen molar-refractivity contribution < 1.29 is 14.7 Å². The molecule has 0 unspecified atom stereocenters. The molecule has 0 radical (unpaired) electrons. The summed E-state index contributed by atoms with van der Waals surface area (Å²) in [6.07, 6.45) is 3.03. The third-order valence-electron chi connectivity index (χ3n) is 1.64. The Hall–Kier alpha value is -1.38. The molecule has 1 rings (SSSR count). The standard InChI is InChI=1S/C8H12N4O3S/c1-3-15-7(13)5-4-10-8(16-2)11-6(5)12(9)14/h4,14H,3,9H2,1-2H3. The number of esters is 1. The Kier molecular flexibility index (Phi) is 4.47. The average molecular weight is 244 g/mol. The van der Waals surface area contributed by atoms with Gasteiger partial charge in [0, 0.05) is 6.20 Å². The van der Waals surface area contributed by atoms with Crippen LogP contribution in [-0.2, 0) is 4.74 Å². The minimum atomic E-state index is -0.630. The van der Waals surface area contributed by atoms with E-state index in [1.165, 1.54) is 18.0 Å². The molecule has 0 fully saturated rings. The molecule has 0 aliphatic heterocycles. The molecule has 0 aliphatic rings. The normalized spacial score (nSPS) is 10.0. The summed E-state index contributed by atoms with van der Waals surface area (Å²) in [7, 11) is 0. The zero-order chi connectivity index (χ0) is 12.1. The molecule has 1 aromatic rings.